The Bertz CT molecular complexity index is 604. The molecule has 0 saturated heterocycles. The SMILES string of the molecule is Cc1[nH]c2c(Cl)cc(Br)cc2c(=O)c1C. The van der Waals surface area contributed by atoms with Crippen LogP contribution >= 0.6 is 27.5 Å². The molecule has 0 bridgehead atoms. The molecule has 0 aliphatic carbocycles. The molecule has 1 heterocycles. The highest BCUT2D eigenvalue weighted by Crippen LogP contribution is 2.25. The first-order chi connectivity index (χ1) is 7.00. The highest BCUT2D eigenvalue weighted by molar-refractivity contribution is 9.10. The van der Waals surface area contributed by atoms with Gasteiger partial charge in [-0.15, -0.1) is 0 Å². The zero-order chi connectivity index (χ0) is 11.2. The van der Waals surface area contributed by atoms with Crippen LogP contribution in [-0.2, 0) is 0 Å². The Balaban J connectivity index is 3.06. The van der Waals surface area contributed by atoms with Crippen LogP contribution in [-0.4, -0.2) is 4.98 Å². The first-order valence-electron chi connectivity index (χ1n) is 4.49. The van der Waals surface area contributed by atoms with Crippen LogP contribution < -0.4 is 5.43 Å². The number of halogens is 2. The topological polar surface area (TPSA) is 32.9 Å². The second-order valence-electron chi connectivity index (χ2n) is 3.51. The second-order valence-corrected chi connectivity index (χ2v) is 4.84. The molecule has 0 unspecified atom stereocenters. The van der Waals surface area contributed by atoms with Crippen LogP contribution in [0, 0.1) is 13.8 Å². The van der Waals surface area contributed by atoms with Gasteiger partial charge in [0.15, 0.2) is 5.43 Å². The Hall–Kier alpha value is -0.800. The quantitative estimate of drug-likeness (QED) is 0.789. The fourth-order valence-electron chi connectivity index (χ4n) is 1.53. The van der Waals surface area contributed by atoms with Crippen LogP contribution in [0.3, 0.4) is 0 Å². The number of hydrogen-bond donors (Lipinski definition) is 1. The molecule has 2 rings (SSSR count). The number of fused-ring (bicyclic) bond motifs is 1. The number of aromatic amines is 1. The van der Waals surface area contributed by atoms with Gasteiger partial charge in [0.05, 0.1) is 10.5 Å². The normalized spacial score (nSPS) is 10.9. The first kappa shape index (κ1) is 10.7. The lowest BCUT2D eigenvalue weighted by atomic mass is 10.1. The van der Waals surface area contributed by atoms with Crippen LogP contribution in [0.1, 0.15) is 11.3 Å². The first-order valence-corrected chi connectivity index (χ1v) is 5.66. The van der Waals surface area contributed by atoms with E-state index in [1.54, 1.807) is 12.1 Å². The van der Waals surface area contributed by atoms with Crippen molar-refractivity contribution in [1.82, 2.24) is 4.98 Å². The largest absolute Gasteiger partial charge is 0.357 e. The van der Waals surface area contributed by atoms with E-state index in [2.05, 4.69) is 20.9 Å². The number of benzene rings is 1. The van der Waals surface area contributed by atoms with Gasteiger partial charge in [0.1, 0.15) is 0 Å². The standard InChI is InChI=1S/C11H9BrClNO/c1-5-6(2)14-10-8(11(5)15)3-7(12)4-9(10)13/h3-4H,1-2H3,(H,14,15). The van der Waals surface area contributed by atoms with Crippen LogP contribution in [0.15, 0.2) is 21.4 Å². The summed E-state index contributed by atoms with van der Waals surface area (Å²) >= 11 is 9.38. The molecule has 1 aromatic carbocycles. The summed E-state index contributed by atoms with van der Waals surface area (Å²) < 4.78 is 0.814. The monoisotopic (exact) mass is 285 g/mol. The Labute approximate surface area is 100 Å². The van der Waals surface area contributed by atoms with E-state index in [0.717, 1.165) is 15.7 Å². The molecule has 78 valence electrons. The maximum Gasteiger partial charge on any atom is 0.192 e. The van der Waals surface area contributed by atoms with Crippen molar-refractivity contribution in [2.45, 2.75) is 13.8 Å². The van der Waals surface area contributed by atoms with Crippen molar-refractivity contribution >= 4 is 38.4 Å². The molecule has 15 heavy (non-hydrogen) atoms. The molecule has 1 N–H and O–H groups in total. The predicted molar refractivity (Wildman–Crippen MR) is 66.8 cm³/mol. The number of hydrogen-bond acceptors (Lipinski definition) is 1. The predicted octanol–water partition coefficient (Wildman–Crippen LogP) is 3.56. The lowest BCUT2D eigenvalue weighted by molar-refractivity contribution is 1.18. The summed E-state index contributed by atoms with van der Waals surface area (Å²) in [6.45, 7) is 3.68. The van der Waals surface area contributed by atoms with Crippen LogP contribution in [0.4, 0.5) is 0 Å². The molecule has 0 radical (unpaired) electrons. The van der Waals surface area contributed by atoms with E-state index in [9.17, 15) is 4.79 Å². The molecule has 2 nitrogen and oxygen atoms in total. The number of rotatable bonds is 0. The molecule has 0 atom stereocenters. The van der Waals surface area contributed by atoms with Gasteiger partial charge >= 0.3 is 0 Å². The summed E-state index contributed by atoms with van der Waals surface area (Å²) in [5.74, 6) is 0. The zero-order valence-electron chi connectivity index (χ0n) is 8.32. The van der Waals surface area contributed by atoms with Crippen LogP contribution in [0.5, 0.6) is 0 Å². The number of aryl methyl sites for hydroxylation is 1. The van der Waals surface area contributed by atoms with Crippen molar-refractivity contribution in [1.29, 1.82) is 0 Å². The summed E-state index contributed by atoms with van der Waals surface area (Å²) in [6.07, 6.45) is 0. The molecule has 0 spiro atoms. The Morgan fingerprint density at radius 3 is 2.67 bits per heavy atom. The average molecular weight is 287 g/mol. The van der Waals surface area contributed by atoms with Gasteiger partial charge in [0, 0.05) is 21.1 Å². The minimum absolute atomic E-state index is 0.0319. The van der Waals surface area contributed by atoms with Crippen molar-refractivity contribution < 1.29 is 0 Å². The Morgan fingerprint density at radius 1 is 1.33 bits per heavy atom. The average Bonchev–Trinajstić information content (AvgIpc) is 2.17. The minimum Gasteiger partial charge on any atom is -0.357 e. The lowest BCUT2D eigenvalue weighted by Crippen LogP contribution is -2.09. The summed E-state index contributed by atoms with van der Waals surface area (Å²) in [4.78, 5) is 15.1. The van der Waals surface area contributed by atoms with Crippen LogP contribution in [0.25, 0.3) is 10.9 Å². The summed E-state index contributed by atoms with van der Waals surface area (Å²) in [5, 5.41) is 1.18. The van der Waals surface area contributed by atoms with Gasteiger partial charge in [0.2, 0.25) is 0 Å². The highest BCUT2D eigenvalue weighted by atomic mass is 79.9. The summed E-state index contributed by atoms with van der Waals surface area (Å²) in [6, 6.07) is 3.56. The minimum atomic E-state index is 0.0319. The van der Waals surface area contributed by atoms with E-state index < -0.39 is 0 Å². The van der Waals surface area contributed by atoms with E-state index in [-0.39, 0.29) is 5.43 Å². The molecule has 1 aromatic heterocycles. The fraction of sp³-hybridized carbons (Fsp3) is 0.182. The molecule has 0 amide bonds. The fourth-order valence-corrected chi connectivity index (χ4v) is 2.39. The third-order valence-corrected chi connectivity index (χ3v) is 3.27. The smallest absolute Gasteiger partial charge is 0.192 e. The van der Waals surface area contributed by atoms with E-state index in [1.807, 2.05) is 13.8 Å². The van der Waals surface area contributed by atoms with E-state index in [4.69, 9.17) is 11.6 Å². The van der Waals surface area contributed by atoms with Gasteiger partial charge in [-0.25, -0.2) is 0 Å². The number of nitrogens with one attached hydrogen (secondary N) is 1. The van der Waals surface area contributed by atoms with E-state index in [0.29, 0.717) is 15.9 Å². The molecule has 0 fully saturated rings. The van der Waals surface area contributed by atoms with E-state index >= 15 is 0 Å². The number of aromatic nitrogens is 1. The summed E-state index contributed by atoms with van der Waals surface area (Å²) in [5.41, 5.74) is 2.32. The maximum atomic E-state index is 12.0. The van der Waals surface area contributed by atoms with Gasteiger partial charge in [-0.2, -0.15) is 0 Å². The van der Waals surface area contributed by atoms with Crippen molar-refractivity contribution in [3.8, 4) is 0 Å². The van der Waals surface area contributed by atoms with Crippen LogP contribution in [0.2, 0.25) is 5.02 Å². The molecule has 0 aliphatic rings. The molecular formula is C11H9BrClNO. The van der Waals surface area contributed by atoms with Gasteiger partial charge in [-0.3, -0.25) is 4.79 Å². The highest BCUT2D eigenvalue weighted by Gasteiger charge is 2.08. The molecule has 0 aliphatic heterocycles. The third kappa shape index (κ3) is 1.70. The van der Waals surface area contributed by atoms with Gasteiger partial charge in [-0.05, 0) is 26.0 Å². The summed E-state index contributed by atoms with van der Waals surface area (Å²) in [7, 11) is 0. The van der Waals surface area contributed by atoms with Crippen molar-refractivity contribution in [2.24, 2.45) is 0 Å². The zero-order valence-corrected chi connectivity index (χ0v) is 10.7. The second kappa shape index (κ2) is 3.65. The van der Waals surface area contributed by atoms with Crippen molar-refractivity contribution in [3.63, 3.8) is 0 Å². The van der Waals surface area contributed by atoms with Crippen molar-refractivity contribution in [3.05, 3.63) is 43.1 Å². The number of pyridine rings is 1. The Morgan fingerprint density at radius 2 is 2.00 bits per heavy atom. The van der Waals surface area contributed by atoms with Crippen molar-refractivity contribution in [2.75, 3.05) is 0 Å². The number of H-pyrrole nitrogens is 1. The van der Waals surface area contributed by atoms with E-state index in [1.165, 1.54) is 0 Å². The van der Waals surface area contributed by atoms with Gasteiger partial charge < -0.3 is 4.98 Å². The molecular weight excluding hydrogens is 277 g/mol. The van der Waals surface area contributed by atoms with Gasteiger partial charge in [-0.1, -0.05) is 27.5 Å². The molecule has 0 saturated carbocycles. The maximum absolute atomic E-state index is 12.0. The molecule has 4 heteroatoms. The molecule has 2 aromatic rings. The third-order valence-electron chi connectivity index (χ3n) is 2.52. The van der Waals surface area contributed by atoms with Gasteiger partial charge in [0.25, 0.3) is 0 Å². The lowest BCUT2D eigenvalue weighted by Gasteiger charge is -2.06. The Kier molecular flexibility index (Phi) is 2.61.